The minimum absolute atomic E-state index is 0.254. The predicted octanol–water partition coefficient (Wildman–Crippen LogP) is -0.0462. The molecule has 1 unspecified atom stereocenters. The zero-order chi connectivity index (χ0) is 16.6. The zero-order valence-electron chi connectivity index (χ0n) is 12.8. The lowest BCUT2D eigenvalue weighted by molar-refractivity contribution is -0.143. The Hall–Kier alpha value is -2.67. The number of anilines is 1. The summed E-state index contributed by atoms with van der Waals surface area (Å²) in [6.45, 7) is 0.754. The molecule has 7 nitrogen and oxygen atoms in total. The Morgan fingerprint density at radius 3 is 2.87 bits per heavy atom. The first-order valence-electron chi connectivity index (χ1n) is 7.29. The number of rotatable bonds is 3. The van der Waals surface area contributed by atoms with Gasteiger partial charge in [0.25, 0.3) is 11.8 Å². The molecule has 1 fully saturated rings. The van der Waals surface area contributed by atoms with E-state index in [1.165, 1.54) is 11.1 Å². The standard InChI is InChI=1S/C16H18N4O3/c1-19-8-6-16(23,15(19)22)11-3-2-4-12(9-11)20-10-18-7-5-13(20)14(17)21/h2-5,7,9,23H,6,8,10H2,1H3,(H2,17,21). The van der Waals surface area contributed by atoms with E-state index in [0.717, 1.165) is 0 Å². The molecule has 7 heteroatoms. The normalized spacial score (nSPS) is 24.1. The quantitative estimate of drug-likeness (QED) is 0.817. The second kappa shape index (κ2) is 5.51. The maximum absolute atomic E-state index is 12.2. The van der Waals surface area contributed by atoms with E-state index in [2.05, 4.69) is 4.99 Å². The second-order valence-electron chi connectivity index (χ2n) is 5.70. The van der Waals surface area contributed by atoms with Gasteiger partial charge in [0.15, 0.2) is 5.60 Å². The van der Waals surface area contributed by atoms with Crippen LogP contribution in [0.3, 0.4) is 0 Å². The van der Waals surface area contributed by atoms with Gasteiger partial charge >= 0.3 is 0 Å². The highest BCUT2D eigenvalue weighted by molar-refractivity contribution is 6.00. The number of nitrogens with zero attached hydrogens (tertiary/aromatic N) is 3. The summed E-state index contributed by atoms with van der Waals surface area (Å²) < 4.78 is 0. The molecular weight excluding hydrogens is 296 g/mol. The van der Waals surface area contributed by atoms with E-state index < -0.39 is 11.5 Å². The average molecular weight is 314 g/mol. The van der Waals surface area contributed by atoms with Crippen molar-refractivity contribution in [3.63, 3.8) is 0 Å². The lowest BCUT2D eigenvalue weighted by Gasteiger charge is -2.28. The lowest BCUT2D eigenvalue weighted by atomic mass is 9.92. The Labute approximate surface area is 133 Å². The van der Waals surface area contributed by atoms with E-state index in [1.807, 2.05) is 0 Å². The van der Waals surface area contributed by atoms with E-state index in [4.69, 9.17) is 5.73 Å². The molecule has 2 amide bonds. The van der Waals surface area contributed by atoms with Crippen molar-refractivity contribution in [2.75, 3.05) is 25.2 Å². The molecular formula is C16H18N4O3. The number of likely N-dealkylation sites (N-methyl/N-ethyl adjacent to an activating group) is 1. The number of allylic oxidation sites excluding steroid dienone is 1. The fraction of sp³-hybridized carbons (Fsp3) is 0.312. The van der Waals surface area contributed by atoms with Crippen molar-refractivity contribution in [3.05, 3.63) is 41.6 Å². The molecule has 2 aliphatic rings. The fourth-order valence-electron chi connectivity index (χ4n) is 2.91. The Bertz CT molecular complexity index is 728. The van der Waals surface area contributed by atoms with Gasteiger partial charge in [0, 0.05) is 31.9 Å². The highest BCUT2D eigenvalue weighted by Crippen LogP contribution is 2.35. The minimum Gasteiger partial charge on any atom is -0.375 e. The number of amides is 2. The van der Waals surface area contributed by atoms with Crippen molar-refractivity contribution < 1.29 is 14.7 Å². The predicted molar refractivity (Wildman–Crippen MR) is 85.7 cm³/mol. The average Bonchev–Trinajstić information content (AvgIpc) is 2.84. The summed E-state index contributed by atoms with van der Waals surface area (Å²) in [5.41, 5.74) is 5.35. The van der Waals surface area contributed by atoms with Crippen LogP contribution in [-0.4, -0.2) is 48.3 Å². The maximum Gasteiger partial charge on any atom is 0.265 e. The van der Waals surface area contributed by atoms with Crippen molar-refractivity contribution in [1.82, 2.24) is 4.90 Å². The molecule has 0 spiro atoms. The molecule has 0 saturated carbocycles. The number of nitrogens with two attached hydrogens (primary N) is 1. The number of carbonyl (C=O) groups is 2. The third-order valence-corrected chi connectivity index (χ3v) is 4.25. The molecule has 1 aromatic carbocycles. The van der Waals surface area contributed by atoms with Gasteiger partial charge in [-0.25, -0.2) is 0 Å². The van der Waals surface area contributed by atoms with Gasteiger partial charge in [-0.1, -0.05) is 12.1 Å². The van der Waals surface area contributed by atoms with Gasteiger partial charge in [0.05, 0.1) is 0 Å². The van der Waals surface area contributed by atoms with Gasteiger partial charge in [0.2, 0.25) is 0 Å². The number of benzene rings is 1. The monoisotopic (exact) mass is 314 g/mol. The highest BCUT2D eigenvalue weighted by Gasteiger charge is 2.45. The molecule has 3 rings (SSSR count). The molecule has 1 atom stereocenters. The number of aliphatic imine (C=N–C) groups is 1. The smallest absolute Gasteiger partial charge is 0.265 e. The Morgan fingerprint density at radius 2 is 2.22 bits per heavy atom. The van der Waals surface area contributed by atoms with E-state index in [-0.39, 0.29) is 12.6 Å². The van der Waals surface area contributed by atoms with Crippen molar-refractivity contribution >= 4 is 23.7 Å². The summed E-state index contributed by atoms with van der Waals surface area (Å²) in [4.78, 5) is 31.1. The van der Waals surface area contributed by atoms with Gasteiger partial charge < -0.3 is 20.6 Å². The Balaban J connectivity index is 1.98. The number of aliphatic hydroxyl groups is 1. The van der Waals surface area contributed by atoms with Crippen LogP contribution in [-0.2, 0) is 15.2 Å². The van der Waals surface area contributed by atoms with Crippen molar-refractivity contribution in [3.8, 4) is 0 Å². The molecule has 0 bridgehead atoms. The van der Waals surface area contributed by atoms with Crippen molar-refractivity contribution in [1.29, 1.82) is 0 Å². The van der Waals surface area contributed by atoms with Gasteiger partial charge in [-0.15, -0.1) is 0 Å². The van der Waals surface area contributed by atoms with Crippen LogP contribution in [0.5, 0.6) is 0 Å². The third kappa shape index (κ3) is 2.49. The minimum atomic E-state index is -1.53. The van der Waals surface area contributed by atoms with Gasteiger partial charge in [0.1, 0.15) is 12.4 Å². The van der Waals surface area contributed by atoms with Gasteiger partial charge in [-0.3, -0.25) is 14.6 Å². The molecule has 23 heavy (non-hydrogen) atoms. The summed E-state index contributed by atoms with van der Waals surface area (Å²) in [5.74, 6) is -0.881. The van der Waals surface area contributed by atoms with Crippen LogP contribution in [0, 0.1) is 0 Å². The fourth-order valence-corrected chi connectivity index (χ4v) is 2.91. The first-order chi connectivity index (χ1) is 10.9. The third-order valence-electron chi connectivity index (χ3n) is 4.25. The Morgan fingerprint density at radius 1 is 1.43 bits per heavy atom. The lowest BCUT2D eigenvalue weighted by Crippen LogP contribution is -2.37. The Kier molecular flexibility index (Phi) is 3.65. The SMILES string of the molecule is CN1CCC(O)(c2cccc(N3CN=CC=C3C(N)=O)c2)C1=O. The van der Waals surface area contributed by atoms with Crippen LogP contribution in [0.25, 0.3) is 0 Å². The van der Waals surface area contributed by atoms with Crippen LogP contribution in [0.2, 0.25) is 0 Å². The van der Waals surface area contributed by atoms with Crippen LogP contribution < -0.4 is 10.6 Å². The number of carbonyl (C=O) groups excluding carboxylic acids is 2. The molecule has 0 aromatic heterocycles. The van der Waals surface area contributed by atoms with Gasteiger partial charge in [-0.05, 0) is 23.8 Å². The summed E-state index contributed by atoms with van der Waals surface area (Å²) in [7, 11) is 1.66. The molecule has 2 aliphatic heterocycles. The van der Waals surface area contributed by atoms with Crippen molar-refractivity contribution in [2.24, 2.45) is 10.7 Å². The first kappa shape index (κ1) is 15.2. The van der Waals surface area contributed by atoms with E-state index in [0.29, 0.717) is 29.9 Å². The topological polar surface area (TPSA) is 99.2 Å². The molecule has 0 aliphatic carbocycles. The number of hydrogen-bond acceptors (Lipinski definition) is 5. The maximum atomic E-state index is 12.2. The molecule has 120 valence electrons. The first-order valence-corrected chi connectivity index (χ1v) is 7.29. The van der Waals surface area contributed by atoms with Crippen LogP contribution >= 0.6 is 0 Å². The van der Waals surface area contributed by atoms with Gasteiger partial charge in [-0.2, -0.15) is 0 Å². The molecule has 0 radical (unpaired) electrons. The van der Waals surface area contributed by atoms with E-state index in [1.54, 1.807) is 42.3 Å². The van der Waals surface area contributed by atoms with Crippen LogP contribution in [0.1, 0.15) is 12.0 Å². The molecule has 1 saturated heterocycles. The second-order valence-corrected chi connectivity index (χ2v) is 5.70. The van der Waals surface area contributed by atoms with E-state index in [9.17, 15) is 14.7 Å². The number of hydrogen-bond donors (Lipinski definition) is 2. The number of primary amides is 1. The summed E-state index contributed by atoms with van der Waals surface area (Å²) in [6.07, 6.45) is 3.41. The summed E-state index contributed by atoms with van der Waals surface area (Å²) in [6, 6.07) is 6.94. The molecule has 3 N–H and O–H groups in total. The van der Waals surface area contributed by atoms with Crippen molar-refractivity contribution in [2.45, 2.75) is 12.0 Å². The van der Waals surface area contributed by atoms with E-state index >= 15 is 0 Å². The summed E-state index contributed by atoms with van der Waals surface area (Å²) in [5, 5.41) is 10.8. The molecule has 1 aromatic rings. The number of likely N-dealkylation sites (tertiary alicyclic amines) is 1. The van der Waals surface area contributed by atoms with Crippen LogP contribution in [0.15, 0.2) is 41.0 Å². The highest BCUT2D eigenvalue weighted by atomic mass is 16.3. The summed E-state index contributed by atoms with van der Waals surface area (Å²) >= 11 is 0. The largest absolute Gasteiger partial charge is 0.375 e. The van der Waals surface area contributed by atoms with Crippen LogP contribution in [0.4, 0.5) is 5.69 Å². The molecule has 2 heterocycles. The zero-order valence-corrected chi connectivity index (χ0v) is 12.8.